The van der Waals surface area contributed by atoms with Gasteiger partial charge in [0.2, 0.25) is 0 Å². The fourth-order valence-corrected chi connectivity index (χ4v) is 3.96. The van der Waals surface area contributed by atoms with Gasteiger partial charge < -0.3 is 15.6 Å². The van der Waals surface area contributed by atoms with E-state index in [1.165, 1.54) is 6.07 Å². The first-order valence-electron chi connectivity index (χ1n) is 11.6. The fourth-order valence-electron chi connectivity index (χ4n) is 3.96. The maximum absolute atomic E-state index is 13.9. The third-order valence-electron chi connectivity index (χ3n) is 5.92. The van der Waals surface area contributed by atoms with Gasteiger partial charge in [0.1, 0.15) is 5.69 Å². The van der Waals surface area contributed by atoms with E-state index in [0.29, 0.717) is 42.7 Å². The van der Waals surface area contributed by atoms with Crippen LogP contribution in [-0.2, 0) is 13.5 Å². The number of halogens is 2. The Kier molecular flexibility index (Phi) is 7.88. The molecule has 0 saturated carbocycles. The van der Waals surface area contributed by atoms with E-state index in [0.717, 1.165) is 22.8 Å². The second kappa shape index (κ2) is 11.4. The lowest BCUT2D eigenvalue weighted by Gasteiger charge is -2.20. The maximum Gasteiger partial charge on any atom is 0.271 e. The summed E-state index contributed by atoms with van der Waals surface area (Å²) < 4.78 is 29.2. The molecule has 0 aliphatic carbocycles. The van der Waals surface area contributed by atoms with Crippen molar-refractivity contribution in [3.05, 3.63) is 106 Å². The summed E-state index contributed by atoms with van der Waals surface area (Å²) in [5.41, 5.74) is 4.14. The van der Waals surface area contributed by atoms with Gasteiger partial charge in [-0.15, -0.1) is 0 Å². The van der Waals surface area contributed by atoms with Crippen LogP contribution in [0.3, 0.4) is 0 Å². The van der Waals surface area contributed by atoms with E-state index in [1.807, 2.05) is 25.4 Å². The van der Waals surface area contributed by atoms with Crippen molar-refractivity contribution in [1.82, 2.24) is 20.1 Å². The molecule has 4 aromatic rings. The monoisotopic (exact) mass is 488 g/mol. The van der Waals surface area contributed by atoms with Gasteiger partial charge >= 0.3 is 0 Å². The molecule has 2 aromatic carbocycles. The minimum Gasteiger partial charge on any atom is -0.381 e. The number of hydrogen-bond acceptors (Lipinski definition) is 5. The largest absolute Gasteiger partial charge is 0.381 e. The minimum absolute atomic E-state index is 0.249. The summed E-state index contributed by atoms with van der Waals surface area (Å²) >= 11 is 0. The lowest BCUT2D eigenvalue weighted by molar-refractivity contribution is 0.488. The number of aromatic nitrogens is 3. The Balaban J connectivity index is 1.43. The highest BCUT2D eigenvalue weighted by Crippen LogP contribution is 2.21. The highest BCUT2D eigenvalue weighted by molar-refractivity contribution is 5.65. The van der Waals surface area contributed by atoms with Crippen LogP contribution < -0.4 is 16.2 Å². The molecule has 0 saturated heterocycles. The average molecular weight is 489 g/mol. The number of H-pyrrole nitrogens is 1. The van der Waals surface area contributed by atoms with E-state index in [2.05, 4.69) is 26.8 Å². The van der Waals surface area contributed by atoms with Crippen molar-refractivity contribution >= 4 is 5.69 Å². The molecular weight excluding hydrogens is 462 g/mol. The highest BCUT2D eigenvalue weighted by atomic mass is 19.2. The zero-order valence-corrected chi connectivity index (χ0v) is 19.8. The van der Waals surface area contributed by atoms with E-state index in [-0.39, 0.29) is 11.6 Å². The lowest BCUT2D eigenvalue weighted by atomic mass is 10.0. The molecule has 4 rings (SSSR count). The molecule has 0 bridgehead atoms. The summed E-state index contributed by atoms with van der Waals surface area (Å²) in [5, 5.41) is 19.7. The standard InChI is InChI=1S/C27H26F2N6O/c1-35-17-22(16-34-35)21-13-26(27(36)33-15-21)32-11-9-25(20-6-7-23(28)24(29)12-20)31-10-8-18-2-4-19(14-30)5-3-18/h2-7,12-13,15-17,25,31-32H,8-11H2,1H3,(H,33,36). The van der Waals surface area contributed by atoms with Crippen molar-refractivity contribution in [2.24, 2.45) is 7.05 Å². The fraction of sp³-hybridized carbons (Fsp3) is 0.222. The highest BCUT2D eigenvalue weighted by Gasteiger charge is 2.14. The van der Waals surface area contributed by atoms with Crippen LogP contribution in [-0.4, -0.2) is 27.9 Å². The first kappa shape index (κ1) is 24.8. The van der Waals surface area contributed by atoms with Gasteiger partial charge in [0, 0.05) is 43.2 Å². The van der Waals surface area contributed by atoms with Gasteiger partial charge in [-0.3, -0.25) is 9.48 Å². The molecule has 0 aliphatic rings. The van der Waals surface area contributed by atoms with Crippen molar-refractivity contribution in [2.75, 3.05) is 18.4 Å². The molecule has 2 heterocycles. The maximum atomic E-state index is 13.9. The van der Waals surface area contributed by atoms with Gasteiger partial charge in [-0.05, 0) is 60.8 Å². The number of hydrogen-bond donors (Lipinski definition) is 3. The number of pyridine rings is 1. The first-order valence-corrected chi connectivity index (χ1v) is 11.6. The first-order chi connectivity index (χ1) is 17.4. The molecule has 184 valence electrons. The van der Waals surface area contributed by atoms with Gasteiger partial charge in [0.05, 0.1) is 17.8 Å². The summed E-state index contributed by atoms with van der Waals surface area (Å²) in [6, 6.07) is 14.8. The van der Waals surface area contributed by atoms with Crippen LogP contribution in [0, 0.1) is 23.0 Å². The average Bonchev–Trinajstić information content (AvgIpc) is 3.32. The third kappa shape index (κ3) is 6.23. The zero-order chi connectivity index (χ0) is 25.5. The van der Waals surface area contributed by atoms with Gasteiger partial charge in [-0.2, -0.15) is 10.4 Å². The van der Waals surface area contributed by atoms with Crippen molar-refractivity contribution in [1.29, 1.82) is 5.26 Å². The second-order valence-corrected chi connectivity index (χ2v) is 8.49. The Labute approximate surface area is 207 Å². The van der Waals surface area contributed by atoms with Crippen molar-refractivity contribution in [3.8, 4) is 17.2 Å². The normalized spacial score (nSPS) is 11.7. The van der Waals surface area contributed by atoms with Gasteiger partial charge in [0.25, 0.3) is 5.56 Å². The Morgan fingerprint density at radius 2 is 1.89 bits per heavy atom. The molecule has 2 aromatic heterocycles. The molecule has 1 atom stereocenters. The van der Waals surface area contributed by atoms with Crippen LogP contribution in [0.1, 0.15) is 29.2 Å². The summed E-state index contributed by atoms with van der Waals surface area (Å²) in [4.78, 5) is 15.1. The molecule has 3 N–H and O–H groups in total. The molecule has 36 heavy (non-hydrogen) atoms. The summed E-state index contributed by atoms with van der Waals surface area (Å²) in [5.74, 6) is -1.80. The number of anilines is 1. The summed E-state index contributed by atoms with van der Waals surface area (Å²) in [6.07, 6.45) is 6.43. The van der Waals surface area contributed by atoms with Crippen LogP contribution in [0.25, 0.3) is 11.1 Å². The van der Waals surface area contributed by atoms with Gasteiger partial charge in [-0.25, -0.2) is 8.78 Å². The van der Waals surface area contributed by atoms with Gasteiger partial charge in [-0.1, -0.05) is 18.2 Å². The Morgan fingerprint density at radius 1 is 1.08 bits per heavy atom. The van der Waals surface area contributed by atoms with Crippen LogP contribution >= 0.6 is 0 Å². The summed E-state index contributed by atoms with van der Waals surface area (Å²) in [6.45, 7) is 1.01. The van der Waals surface area contributed by atoms with Crippen LogP contribution in [0.2, 0.25) is 0 Å². The van der Waals surface area contributed by atoms with Gasteiger partial charge in [0.15, 0.2) is 11.6 Å². The van der Waals surface area contributed by atoms with E-state index >= 15 is 0 Å². The van der Waals surface area contributed by atoms with Crippen LogP contribution in [0.15, 0.2) is 71.9 Å². The smallest absolute Gasteiger partial charge is 0.271 e. The van der Waals surface area contributed by atoms with E-state index in [4.69, 9.17) is 5.26 Å². The molecule has 0 amide bonds. The van der Waals surface area contributed by atoms with Crippen molar-refractivity contribution in [3.63, 3.8) is 0 Å². The molecular formula is C27H26F2N6O. The molecule has 7 nitrogen and oxygen atoms in total. The van der Waals surface area contributed by atoms with E-state index in [1.54, 1.807) is 41.3 Å². The second-order valence-electron chi connectivity index (χ2n) is 8.49. The number of benzene rings is 2. The van der Waals surface area contributed by atoms with Crippen LogP contribution in [0.5, 0.6) is 0 Å². The Morgan fingerprint density at radius 3 is 2.58 bits per heavy atom. The number of nitriles is 1. The molecule has 9 heteroatoms. The SMILES string of the molecule is Cn1cc(-c2c[nH]c(=O)c(NCCC(NCCc3ccc(C#N)cc3)c3ccc(F)c(F)c3)c2)cn1. The number of nitrogens with one attached hydrogen (secondary N) is 3. The van der Waals surface area contributed by atoms with E-state index in [9.17, 15) is 13.6 Å². The Bertz CT molecular complexity index is 1420. The minimum atomic E-state index is -0.903. The lowest BCUT2D eigenvalue weighted by Crippen LogP contribution is -2.26. The van der Waals surface area contributed by atoms with Crippen molar-refractivity contribution < 1.29 is 8.78 Å². The molecule has 0 radical (unpaired) electrons. The van der Waals surface area contributed by atoms with Crippen molar-refractivity contribution in [2.45, 2.75) is 18.9 Å². The van der Waals surface area contributed by atoms with Crippen LogP contribution in [0.4, 0.5) is 14.5 Å². The summed E-state index contributed by atoms with van der Waals surface area (Å²) in [7, 11) is 1.82. The number of rotatable bonds is 10. The number of aromatic amines is 1. The third-order valence-corrected chi connectivity index (χ3v) is 5.92. The number of nitrogens with zero attached hydrogens (tertiary/aromatic N) is 3. The predicted octanol–water partition coefficient (Wildman–Crippen LogP) is 4.30. The molecule has 0 spiro atoms. The number of aryl methyl sites for hydroxylation is 1. The molecule has 0 fully saturated rings. The van der Waals surface area contributed by atoms with E-state index < -0.39 is 11.6 Å². The molecule has 0 aliphatic heterocycles. The predicted molar refractivity (Wildman–Crippen MR) is 134 cm³/mol. The topological polar surface area (TPSA) is 98.5 Å². The Hall–Kier alpha value is -4.29. The quantitative estimate of drug-likeness (QED) is 0.309. The zero-order valence-electron chi connectivity index (χ0n) is 19.8. The molecule has 1 unspecified atom stereocenters.